The van der Waals surface area contributed by atoms with E-state index in [4.69, 9.17) is 10.5 Å². The van der Waals surface area contributed by atoms with Crippen LogP contribution in [0.4, 0.5) is 5.00 Å². The van der Waals surface area contributed by atoms with Gasteiger partial charge in [-0.1, -0.05) is 12.8 Å². The normalized spacial score (nSPS) is 17.3. The average Bonchev–Trinajstić information content (AvgIpc) is 3.19. The Morgan fingerprint density at radius 2 is 1.83 bits per heavy atom. The molecule has 1 fully saturated rings. The standard InChI is InChI=1S/C17H22N2O4S/c18-15(21)14-11-7-3-4-8-12(11)24-16(14)19-13(20)9-23-17(22)10-5-1-2-6-10/h10H,1-9H2,(H2,18,21)(H,19,20). The lowest BCUT2D eigenvalue weighted by atomic mass is 9.95. The molecule has 0 unspecified atom stereocenters. The summed E-state index contributed by atoms with van der Waals surface area (Å²) in [6.45, 7) is -0.323. The number of ether oxygens (including phenoxy) is 1. The van der Waals surface area contributed by atoms with Crippen LogP contribution < -0.4 is 11.1 Å². The molecule has 2 aliphatic carbocycles. The summed E-state index contributed by atoms with van der Waals surface area (Å²) < 4.78 is 5.10. The van der Waals surface area contributed by atoms with E-state index in [1.54, 1.807) is 0 Å². The Morgan fingerprint density at radius 1 is 1.12 bits per heavy atom. The van der Waals surface area contributed by atoms with Gasteiger partial charge in [-0.2, -0.15) is 0 Å². The van der Waals surface area contributed by atoms with Gasteiger partial charge in [0, 0.05) is 4.88 Å². The molecule has 6 nitrogen and oxygen atoms in total. The molecule has 1 heterocycles. The van der Waals surface area contributed by atoms with Crippen LogP contribution in [0.5, 0.6) is 0 Å². The first-order chi connectivity index (χ1) is 11.6. The second-order valence-corrected chi connectivity index (χ2v) is 7.52. The third-order valence-electron chi connectivity index (χ3n) is 4.70. The second kappa shape index (κ2) is 7.34. The number of fused-ring (bicyclic) bond motifs is 1. The molecule has 3 rings (SSSR count). The van der Waals surface area contributed by atoms with Crippen LogP contribution in [0.2, 0.25) is 0 Å². The molecular weight excluding hydrogens is 328 g/mol. The number of carbonyl (C=O) groups excluding carboxylic acids is 3. The van der Waals surface area contributed by atoms with E-state index in [0.717, 1.165) is 61.8 Å². The van der Waals surface area contributed by atoms with Gasteiger partial charge >= 0.3 is 5.97 Å². The highest BCUT2D eigenvalue weighted by Crippen LogP contribution is 2.37. The Morgan fingerprint density at radius 3 is 2.54 bits per heavy atom. The van der Waals surface area contributed by atoms with Gasteiger partial charge in [0.15, 0.2) is 6.61 Å². The lowest BCUT2D eigenvalue weighted by molar-refractivity contribution is -0.151. The highest BCUT2D eigenvalue weighted by molar-refractivity contribution is 7.17. The van der Waals surface area contributed by atoms with Crippen molar-refractivity contribution in [3.63, 3.8) is 0 Å². The number of nitrogens with one attached hydrogen (secondary N) is 1. The predicted octanol–water partition coefficient (Wildman–Crippen LogP) is 2.40. The summed E-state index contributed by atoms with van der Waals surface area (Å²) in [6.07, 6.45) is 7.58. The fraction of sp³-hybridized carbons (Fsp3) is 0.588. The van der Waals surface area contributed by atoms with Crippen molar-refractivity contribution < 1.29 is 19.1 Å². The minimum Gasteiger partial charge on any atom is -0.455 e. The SMILES string of the molecule is NC(=O)c1c(NC(=O)COC(=O)C2CCCC2)sc2c1CCCC2. The zero-order chi connectivity index (χ0) is 17.1. The van der Waals surface area contributed by atoms with E-state index in [9.17, 15) is 14.4 Å². The fourth-order valence-corrected chi connectivity index (χ4v) is 4.80. The summed E-state index contributed by atoms with van der Waals surface area (Å²) >= 11 is 1.40. The smallest absolute Gasteiger partial charge is 0.309 e. The summed E-state index contributed by atoms with van der Waals surface area (Å²) in [5, 5.41) is 3.18. The van der Waals surface area contributed by atoms with E-state index in [1.807, 2.05) is 0 Å². The zero-order valence-electron chi connectivity index (χ0n) is 13.6. The third-order valence-corrected chi connectivity index (χ3v) is 5.91. The molecule has 1 aromatic heterocycles. The first kappa shape index (κ1) is 17.0. The van der Waals surface area contributed by atoms with Crippen molar-refractivity contribution in [1.82, 2.24) is 0 Å². The van der Waals surface area contributed by atoms with Crippen LogP contribution in [0.1, 0.15) is 59.3 Å². The molecule has 0 atom stereocenters. The van der Waals surface area contributed by atoms with Gasteiger partial charge in [0.25, 0.3) is 11.8 Å². The van der Waals surface area contributed by atoms with Crippen LogP contribution in [0.15, 0.2) is 0 Å². The van der Waals surface area contributed by atoms with Crippen molar-refractivity contribution in [2.45, 2.75) is 51.4 Å². The summed E-state index contributed by atoms with van der Waals surface area (Å²) in [6, 6.07) is 0. The van der Waals surface area contributed by atoms with Crippen molar-refractivity contribution in [2.75, 3.05) is 11.9 Å². The van der Waals surface area contributed by atoms with Crippen molar-refractivity contribution in [3.05, 3.63) is 16.0 Å². The molecule has 0 radical (unpaired) electrons. The Bertz CT molecular complexity index is 662. The monoisotopic (exact) mass is 350 g/mol. The first-order valence-corrected chi connectivity index (χ1v) is 9.28. The summed E-state index contributed by atoms with van der Waals surface area (Å²) in [5.74, 6) is -1.33. The molecule has 2 amide bonds. The minimum atomic E-state index is -0.521. The number of hydrogen-bond acceptors (Lipinski definition) is 5. The maximum Gasteiger partial charge on any atom is 0.309 e. The number of amides is 2. The largest absolute Gasteiger partial charge is 0.455 e. The molecule has 0 aromatic carbocycles. The Hall–Kier alpha value is -1.89. The molecule has 1 saturated carbocycles. The highest BCUT2D eigenvalue weighted by atomic mass is 32.1. The van der Waals surface area contributed by atoms with Gasteiger partial charge in [-0.25, -0.2) is 0 Å². The molecule has 0 spiro atoms. The van der Waals surface area contributed by atoms with Crippen molar-refractivity contribution >= 4 is 34.1 Å². The molecular formula is C17H22N2O4S. The lowest BCUT2D eigenvalue weighted by Crippen LogP contribution is -2.24. The fourth-order valence-electron chi connectivity index (χ4n) is 3.49. The second-order valence-electron chi connectivity index (χ2n) is 6.42. The third kappa shape index (κ3) is 3.61. The van der Waals surface area contributed by atoms with Gasteiger partial charge in [0.05, 0.1) is 11.5 Å². The lowest BCUT2D eigenvalue weighted by Gasteiger charge is -2.11. The Balaban J connectivity index is 1.62. The van der Waals surface area contributed by atoms with Crippen molar-refractivity contribution in [3.8, 4) is 0 Å². The zero-order valence-corrected chi connectivity index (χ0v) is 14.4. The quantitative estimate of drug-likeness (QED) is 0.797. The molecule has 0 saturated heterocycles. The highest BCUT2D eigenvalue weighted by Gasteiger charge is 2.27. The van der Waals surface area contributed by atoms with E-state index in [2.05, 4.69) is 5.32 Å². The number of primary amides is 1. The number of aryl methyl sites for hydroxylation is 1. The molecule has 3 N–H and O–H groups in total. The number of anilines is 1. The maximum absolute atomic E-state index is 12.1. The van der Waals surface area contributed by atoms with Crippen LogP contribution in [0, 0.1) is 5.92 Å². The number of nitrogens with two attached hydrogens (primary N) is 1. The van der Waals surface area contributed by atoms with Gasteiger partial charge < -0.3 is 15.8 Å². The molecule has 7 heteroatoms. The number of carbonyl (C=O) groups is 3. The van der Waals surface area contributed by atoms with E-state index >= 15 is 0 Å². The molecule has 0 aliphatic heterocycles. The first-order valence-electron chi connectivity index (χ1n) is 8.47. The predicted molar refractivity (Wildman–Crippen MR) is 91.0 cm³/mol. The van der Waals surface area contributed by atoms with Gasteiger partial charge in [-0.3, -0.25) is 14.4 Å². The Labute approximate surface area is 144 Å². The molecule has 1 aromatic rings. The van der Waals surface area contributed by atoms with Gasteiger partial charge in [-0.05, 0) is 44.1 Å². The summed E-state index contributed by atoms with van der Waals surface area (Å²) in [5.41, 5.74) is 6.89. The van der Waals surface area contributed by atoms with Crippen LogP contribution in [0.25, 0.3) is 0 Å². The van der Waals surface area contributed by atoms with Crippen LogP contribution >= 0.6 is 11.3 Å². The van der Waals surface area contributed by atoms with E-state index < -0.39 is 11.8 Å². The van der Waals surface area contributed by atoms with E-state index in [1.165, 1.54) is 11.3 Å². The van der Waals surface area contributed by atoms with Crippen molar-refractivity contribution in [1.29, 1.82) is 0 Å². The van der Waals surface area contributed by atoms with E-state index in [0.29, 0.717) is 10.6 Å². The molecule has 24 heavy (non-hydrogen) atoms. The minimum absolute atomic E-state index is 0.0759. The van der Waals surface area contributed by atoms with Crippen LogP contribution in [-0.2, 0) is 27.2 Å². The number of rotatable bonds is 5. The van der Waals surface area contributed by atoms with Crippen molar-refractivity contribution in [2.24, 2.45) is 11.7 Å². The molecule has 130 valence electrons. The average molecular weight is 350 g/mol. The van der Waals surface area contributed by atoms with Crippen LogP contribution in [-0.4, -0.2) is 24.4 Å². The maximum atomic E-state index is 12.1. The van der Waals surface area contributed by atoms with Gasteiger partial charge in [0.2, 0.25) is 0 Å². The topological polar surface area (TPSA) is 98.5 Å². The summed E-state index contributed by atoms with van der Waals surface area (Å²) in [4.78, 5) is 36.8. The number of esters is 1. The Kier molecular flexibility index (Phi) is 5.18. The molecule has 2 aliphatic rings. The number of hydrogen-bond donors (Lipinski definition) is 2. The summed E-state index contributed by atoms with van der Waals surface area (Å²) in [7, 11) is 0. The van der Waals surface area contributed by atoms with E-state index in [-0.39, 0.29) is 18.5 Å². The number of thiophene rings is 1. The van der Waals surface area contributed by atoms with Gasteiger partial charge in [0.1, 0.15) is 5.00 Å². The van der Waals surface area contributed by atoms with Gasteiger partial charge in [-0.15, -0.1) is 11.3 Å². The molecule has 0 bridgehead atoms. The van der Waals surface area contributed by atoms with Crippen LogP contribution in [0.3, 0.4) is 0 Å².